The number of hydrogen-bond acceptors (Lipinski definition) is 3. The van der Waals surface area contributed by atoms with E-state index >= 15 is 0 Å². The van der Waals surface area contributed by atoms with E-state index < -0.39 is 8.32 Å². The Balaban J connectivity index is 2.05. The zero-order chi connectivity index (χ0) is 14.8. The van der Waals surface area contributed by atoms with Gasteiger partial charge in [-0.25, -0.2) is 0 Å². The van der Waals surface area contributed by atoms with Crippen molar-refractivity contribution in [1.29, 1.82) is 0 Å². The number of anilines is 2. The molecule has 0 spiro atoms. The van der Waals surface area contributed by atoms with Gasteiger partial charge in [0.25, 0.3) is 0 Å². The van der Waals surface area contributed by atoms with Gasteiger partial charge in [-0.1, -0.05) is 20.8 Å². The molecule has 0 saturated carbocycles. The first kappa shape index (κ1) is 15.1. The summed E-state index contributed by atoms with van der Waals surface area (Å²) in [7, 11) is -1.75. The molecule has 108 valence electrons. The number of benzene rings is 1. The van der Waals surface area contributed by atoms with Gasteiger partial charge in [0.15, 0.2) is 0 Å². The van der Waals surface area contributed by atoms with Crippen LogP contribution in [-0.2, 0) is 0 Å². The molecule has 1 aromatic carbocycles. The standard InChI is InChI=1S/C16H23NOSSi/c1-16(2,3)20(4,5)18-15-8-6-13(7-9-15)17-14-10-11-19-12-14/h6-12,17H,1-5H3. The molecule has 2 nitrogen and oxygen atoms in total. The lowest BCUT2D eigenvalue weighted by atomic mass is 10.2. The summed E-state index contributed by atoms with van der Waals surface area (Å²) in [6.07, 6.45) is 0. The minimum absolute atomic E-state index is 0.223. The van der Waals surface area contributed by atoms with E-state index in [0.29, 0.717) is 0 Å². The molecule has 0 fully saturated rings. The van der Waals surface area contributed by atoms with E-state index in [0.717, 1.165) is 17.1 Å². The molecule has 0 aliphatic heterocycles. The van der Waals surface area contributed by atoms with Crippen LogP contribution in [0.1, 0.15) is 20.8 Å². The Morgan fingerprint density at radius 3 is 2.15 bits per heavy atom. The highest BCUT2D eigenvalue weighted by Gasteiger charge is 2.38. The number of nitrogens with one attached hydrogen (secondary N) is 1. The minimum atomic E-state index is -1.75. The molecular weight excluding hydrogens is 282 g/mol. The van der Waals surface area contributed by atoms with Crippen LogP contribution in [0, 0.1) is 0 Å². The monoisotopic (exact) mass is 305 g/mol. The summed E-state index contributed by atoms with van der Waals surface area (Å²) < 4.78 is 6.27. The van der Waals surface area contributed by atoms with Crippen molar-refractivity contribution in [3.05, 3.63) is 41.1 Å². The van der Waals surface area contributed by atoms with Gasteiger partial charge in [-0.05, 0) is 53.8 Å². The first-order valence-corrected chi connectivity index (χ1v) is 10.7. The van der Waals surface area contributed by atoms with E-state index in [4.69, 9.17) is 4.43 Å². The highest BCUT2D eigenvalue weighted by atomic mass is 32.1. The molecule has 0 aliphatic carbocycles. The predicted molar refractivity (Wildman–Crippen MR) is 91.9 cm³/mol. The molecule has 0 unspecified atom stereocenters. The lowest BCUT2D eigenvalue weighted by molar-refractivity contribution is 0.492. The smallest absolute Gasteiger partial charge is 0.250 e. The van der Waals surface area contributed by atoms with Crippen molar-refractivity contribution in [2.24, 2.45) is 0 Å². The van der Waals surface area contributed by atoms with Crippen molar-refractivity contribution in [2.75, 3.05) is 5.32 Å². The summed E-state index contributed by atoms with van der Waals surface area (Å²) in [5, 5.41) is 7.76. The summed E-state index contributed by atoms with van der Waals surface area (Å²) in [6, 6.07) is 10.3. The highest BCUT2D eigenvalue weighted by Crippen LogP contribution is 2.37. The van der Waals surface area contributed by atoms with Crippen molar-refractivity contribution in [2.45, 2.75) is 38.9 Å². The van der Waals surface area contributed by atoms with E-state index in [-0.39, 0.29) is 5.04 Å². The molecule has 20 heavy (non-hydrogen) atoms. The van der Waals surface area contributed by atoms with Gasteiger partial charge >= 0.3 is 0 Å². The molecule has 0 aliphatic rings. The van der Waals surface area contributed by atoms with E-state index in [1.165, 1.54) is 0 Å². The predicted octanol–water partition coefficient (Wildman–Crippen LogP) is 5.88. The van der Waals surface area contributed by atoms with Crippen LogP contribution in [0.4, 0.5) is 11.4 Å². The Morgan fingerprint density at radius 1 is 1.00 bits per heavy atom. The molecule has 0 bridgehead atoms. The van der Waals surface area contributed by atoms with Gasteiger partial charge in [0.2, 0.25) is 8.32 Å². The van der Waals surface area contributed by atoms with Gasteiger partial charge < -0.3 is 9.74 Å². The summed E-state index contributed by atoms with van der Waals surface area (Å²) >= 11 is 1.69. The molecule has 2 aromatic rings. The van der Waals surface area contributed by atoms with Gasteiger partial charge in [0.05, 0.1) is 0 Å². The summed E-state index contributed by atoms with van der Waals surface area (Å²) in [4.78, 5) is 0. The van der Waals surface area contributed by atoms with E-state index in [9.17, 15) is 0 Å². The number of rotatable bonds is 4. The Kier molecular flexibility index (Phi) is 4.25. The second-order valence-corrected chi connectivity index (χ2v) is 12.0. The Hall–Kier alpha value is -1.26. The zero-order valence-electron chi connectivity index (χ0n) is 12.9. The molecule has 1 aromatic heterocycles. The maximum atomic E-state index is 6.27. The first-order valence-electron chi connectivity index (χ1n) is 6.86. The van der Waals surface area contributed by atoms with Crippen LogP contribution in [0.2, 0.25) is 18.1 Å². The SMILES string of the molecule is CC(C)(C)[Si](C)(C)Oc1ccc(Nc2ccsc2)cc1. The van der Waals surface area contributed by atoms with E-state index in [2.05, 4.69) is 80.3 Å². The minimum Gasteiger partial charge on any atom is -0.544 e. The third kappa shape index (κ3) is 3.64. The van der Waals surface area contributed by atoms with Crippen LogP contribution in [-0.4, -0.2) is 8.32 Å². The van der Waals surface area contributed by atoms with Crippen molar-refractivity contribution in [1.82, 2.24) is 0 Å². The second kappa shape index (κ2) is 5.62. The fourth-order valence-electron chi connectivity index (χ4n) is 1.56. The molecular formula is C16H23NOSSi. The summed E-state index contributed by atoms with van der Waals surface area (Å²) in [5.41, 5.74) is 2.22. The lowest BCUT2D eigenvalue weighted by Crippen LogP contribution is -2.43. The third-order valence-electron chi connectivity index (χ3n) is 3.84. The van der Waals surface area contributed by atoms with Gasteiger partial charge in [0, 0.05) is 16.8 Å². The maximum Gasteiger partial charge on any atom is 0.250 e. The normalized spacial score (nSPS) is 12.2. The van der Waals surface area contributed by atoms with Gasteiger partial charge in [-0.2, -0.15) is 11.3 Å². The maximum absolute atomic E-state index is 6.27. The summed E-state index contributed by atoms with van der Waals surface area (Å²) in [5.74, 6) is 0.965. The van der Waals surface area contributed by atoms with Crippen molar-refractivity contribution in [3.8, 4) is 5.75 Å². The van der Waals surface area contributed by atoms with Crippen LogP contribution in [0.3, 0.4) is 0 Å². The van der Waals surface area contributed by atoms with Crippen molar-refractivity contribution < 1.29 is 4.43 Å². The third-order valence-corrected chi connectivity index (χ3v) is 8.88. The average molecular weight is 306 g/mol. The van der Waals surface area contributed by atoms with E-state index in [1.807, 2.05) is 0 Å². The molecule has 0 amide bonds. The molecule has 0 atom stereocenters. The number of hydrogen-bond donors (Lipinski definition) is 1. The summed E-state index contributed by atoms with van der Waals surface area (Å²) in [6.45, 7) is 11.3. The van der Waals surface area contributed by atoms with Crippen LogP contribution in [0.15, 0.2) is 41.1 Å². The second-order valence-electron chi connectivity index (χ2n) is 6.52. The highest BCUT2D eigenvalue weighted by molar-refractivity contribution is 7.08. The molecule has 4 heteroatoms. The van der Waals surface area contributed by atoms with Crippen LogP contribution < -0.4 is 9.74 Å². The van der Waals surface area contributed by atoms with Crippen LogP contribution in [0.5, 0.6) is 5.75 Å². The Bertz CT molecular complexity index is 541. The average Bonchev–Trinajstić information content (AvgIpc) is 2.83. The van der Waals surface area contributed by atoms with Crippen molar-refractivity contribution in [3.63, 3.8) is 0 Å². The molecule has 0 saturated heterocycles. The Labute approximate surface area is 126 Å². The van der Waals surface area contributed by atoms with Crippen molar-refractivity contribution >= 4 is 31.0 Å². The van der Waals surface area contributed by atoms with Gasteiger partial charge in [0.1, 0.15) is 5.75 Å². The van der Waals surface area contributed by atoms with Crippen LogP contribution in [0.25, 0.3) is 0 Å². The molecule has 1 N–H and O–H groups in total. The number of thiophene rings is 1. The quantitative estimate of drug-likeness (QED) is 0.713. The molecule has 0 radical (unpaired) electrons. The topological polar surface area (TPSA) is 21.3 Å². The first-order chi connectivity index (χ1) is 9.28. The van der Waals surface area contributed by atoms with E-state index in [1.54, 1.807) is 11.3 Å². The zero-order valence-corrected chi connectivity index (χ0v) is 14.7. The Morgan fingerprint density at radius 2 is 1.65 bits per heavy atom. The van der Waals surface area contributed by atoms with Gasteiger partial charge in [-0.15, -0.1) is 0 Å². The van der Waals surface area contributed by atoms with Crippen LogP contribution >= 0.6 is 11.3 Å². The molecule has 2 rings (SSSR count). The molecule has 1 heterocycles. The fourth-order valence-corrected chi connectivity index (χ4v) is 3.18. The fraction of sp³-hybridized carbons (Fsp3) is 0.375. The largest absolute Gasteiger partial charge is 0.544 e. The van der Waals surface area contributed by atoms with Gasteiger partial charge in [-0.3, -0.25) is 0 Å². The lowest BCUT2D eigenvalue weighted by Gasteiger charge is -2.36.